The van der Waals surface area contributed by atoms with E-state index in [9.17, 15) is 31.9 Å². The van der Waals surface area contributed by atoms with E-state index in [2.05, 4.69) is 5.32 Å². The van der Waals surface area contributed by atoms with Crippen LogP contribution < -0.4 is 10.6 Å². The fraction of sp³-hybridized carbons (Fsp3) is 0.400. The smallest absolute Gasteiger partial charge is 0.408 e. The van der Waals surface area contributed by atoms with Crippen molar-refractivity contribution in [3.05, 3.63) is 65.5 Å². The molecule has 0 saturated carbocycles. The summed E-state index contributed by atoms with van der Waals surface area (Å²) in [5, 5.41) is 4.04. The molecule has 0 radical (unpaired) electrons. The minimum absolute atomic E-state index is 0.147. The molecule has 0 heterocycles. The summed E-state index contributed by atoms with van der Waals surface area (Å²) in [4.78, 5) is 36.8. The molecule has 7 nitrogen and oxygen atoms in total. The number of hydrogen-bond donors (Lipinski definition) is 2. The summed E-state index contributed by atoms with van der Waals surface area (Å²) < 4.78 is 64.5. The third-order valence-corrected chi connectivity index (χ3v) is 5.30. The Labute approximate surface area is 206 Å². The molecule has 0 aliphatic carbocycles. The van der Waals surface area contributed by atoms with Crippen molar-refractivity contribution in [3.63, 3.8) is 0 Å². The monoisotopic (exact) mass is 512 g/mol. The van der Waals surface area contributed by atoms with Crippen LogP contribution >= 0.6 is 0 Å². The molecule has 2 rings (SSSR count). The molecule has 0 fully saturated rings. The van der Waals surface area contributed by atoms with Crippen molar-refractivity contribution in [1.82, 2.24) is 5.32 Å². The van der Waals surface area contributed by atoms with Crippen LogP contribution in [-0.4, -0.2) is 36.8 Å². The number of carbonyl (C=O) groups excluding carboxylic acids is 3. The maximum Gasteiger partial charge on any atom is 0.408 e. The van der Waals surface area contributed by atoms with Crippen LogP contribution in [0.2, 0.25) is 0 Å². The van der Waals surface area contributed by atoms with E-state index < -0.39 is 53.5 Å². The lowest BCUT2D eigenvalue weighted by Crippen LogP contribution is -2.52. The van der Waals surface area contributed by atoms with E-state index >= 15 is 0 Å². The van der Waals surface area contributed by atoms with Crippen molar-refractivity contribution >= 4 is 23.7 Å². The molecule has 196 valence electrons. The summed E-state index contributed by atoms with van der Waals surface area (Å²) in [6, 6.07) is 9.93. The zero-order chi connectivity index (χ0) is 26.9. The number of ether oxygens (including phenoxy) is 2. The number of anilines is 1. The normalized spacial score (nSPS) is 13.8. The van der Waals surface area contributed by atoms with Crippen LogP contribution in [-0.2, 0) is 32.1 Å². The van der Waals surface area contributed by atoms with Gasteiger partial charge in [-0.05, 0) is 36.6 Å². The minimum atomic E-state index is -4.84. The molecular formula is C25H28F4N2O5. The van der Waals surface area contributed by atoms with Crippen LogP contribution in [0, 0.1) is 17.7 Å². The van der Waals surface area contributed by atoms with Crippen molar-refractivity contribution in [1.29, 1.82) is 0 Å². The van der Waals surface area contributed by atoms with Crippen LogP contribution in [0.3, 0.4) is 0 Å². The molecule has 2 aromatic carbocycles. The number of amides is 2. The van der Waals surface area contributed by atoms with E-state index in [1.807, 2.05) is 5.32 Å². The number of esters is 1. The maximum absolute atomic E-state index is 14.4. The molecule has 36 heavy (non-hydrogen) atoms. The Hall–Kier alpha value is -3.63. The first-order chi connectivity index (χ1) is 16.9. The van der Waals surface area contributed by atoms with Gasteiger partial charge in [0.25, 0.3) is 0 Å². The van der Waals surface area contributed by atoms with E-state index in [-0.39, 0.29) is 19.6 Å². The number of halogens is 4. The van der Waals surface area contributed by atoms with Crippen LogP contribution in [0.5, 0.6) is 0 Å². The summed E-state index contributed by atoms with van der Waals surface area (Å²) in [7, 11) is 0. The fourth-order valence-electron chi connectivity index (χ4n) is 3.23. The Morgan fingerprint density at radius 1 is 0.972 bits per heavy atom. The lowest BCUT2D eigenvalue weighted by Gasteiger charge is -2.26. The molecule has 0 aliphatic rings. The number of alkyl carbamates (subject to hydrolysis) is 1. The van der Waals surface area contributed by atoms with Gasteiger partial charge in [-0.25, -0.2) is 9.18 Å². The highest BCUT2D eigenvalue weighted by Crippen LogP contribution is 2.29. The Morgan fingerprint density at radius 2 is 1.64 bits per heavy atom. The molecule has 2 amide bonds. The first-order valence-corrected chi connectivity index (χ1v) is 11.2. The van der Waals surface area contributed by atoms with Gasteiger partial charge in [-0.1, -0.05) is 50.2 Å². The van der Waals surface area contributed by atoms with Crippen molar-refractivity contribution in [2.24, 2.45) is 11.8 Å². The maximum atomic E-state index is 14.4. The quantitative estimate of drug-likeness (QED) is 0.345. The molecule has 0 aliphatic heterocycles. The summed E-state index contributed by atoms with van der Waals surface area (Å²) >= 11 is 0. The lowest BCUT2D eigenvalue weighted by atomic mass is 9.99. The molecule has 3 atom stereocenters. The van der Waals surface area contributed by atoms with Crippen LogP contribution in [0.4, 0.5) is 28.0 Å². The molecule has 0 saturated heterocycles. The lowest BCUT2D eigenvalue weighted by molar-refractivity contribution is -0.178. The van der Waals surface area contributed by atoms with Crippen LogP contribution in [0.15, 0.2) is 48.5 Å². The van der Waals surface area contributed by atoms with Crippen LogP contribution in [0.25, 0.3) is 0 Å². The third-order valence-electron chi connectivity index (χ3n) is 5.30. The van der Waals surface area contributed by atoms with Crippen molar-refractivity contribution in [3.8, 4) is 0 Å². The zero-order valence-corrected chi connectivity index (χ0v) is 20.0. The van der Waals surface area contributed by atoms with Gasteiger partial charge in [-0.2, -0.15) is 13.2 Å². The zero-order valence-electron chi connectivity index (χ0n) is 20.0. The van der Waals surface area contributed by atoms with Crippen molar-refractivity contribution in [2.45, 2.75) is 46.0 Å². The molecule has 11 heteroatoms. The van der Waals surface area contributed by atoms with E-state index in [0.29, 0.717) is 11.1 Å². The number of alkyl halides is 3. The fourth-order valence-corrected chi connectivity index (χ4v) is 3.23. The first kappa shape index (κ1) is 28.6. The second-order valence-corrected chi connectivity index (χ2v) is 8.17. The molecule has 0 bridgehead atoms. The van der Waals surface area contributed by atoms with Gasteiger partial charge in [-0.15, -0.1) is 0 Å². The first-order valence-electron chi connectivity index (χ1n) is 11.2. The molecule has 2 aromatic rings. The predicted octanol–water partition coefficient (Wildman–Crippen LogP) is 5.00. The summed E-state index contributed by atoms with van der Waals surface area (Å²) in [6.45, 7) is 3.94. The largest absolute Gasteiger partial charge is 0.466 e. The molecule has 2 N–H and O–H groups in total. The summed E-state index contributed by atoms with van der Waals surface area (Å²) in [5.74, 6) is -5.54. The number of nitrogens with one attached hydrogen (secondary N) is 2. The minimum Gasteiger partial charge on any atom is -0.466 e. The van der Waals surface area contributed by atoms with Gasteiger partial charge >= 0.3 is 18.2 Å². The van der Waals surface area contributed by atoms with Gasteiger partial charge in [0.1, 0.15) is 18.5 Å². The highest BCUT2D eigenvalue weighted by molar-refractivity contribution is 5.97. The van der Waals surface area contributed by atoms with E-state index in [1.165, 1.54) is 12.1 Å². The third kappa shape index (κ3) is 8.54. The van der Waals surface area contributed by atoms with Crippen molar-refractivity contribution < 1.29 is 41.4 Å². The second-order valence-electron chi connectivity index (χ2n) is 8.17. The average Bonchev–Trinajstić information content (AvgIpc) is 2.83. The van der Waals surface area contributed by atoms with Crippen molar-refractivity contribution in [2.75, 3.05) is 11.9 Å². The van der Waals surface area contributed by atoms with Gasteiger partial charge in [-0.3, -0.25) is 9.59 Å². The van der Waals surface area contributed by atoms with Gasteiger partial charge in [0.15, 0.2) is 0 Å². The SMILES string of the molecule is CCOC(=O)[C@@H](C)Cc1ccc(F)c(NC(=O)[C@@H](NC(=O)OCc2ccccc2)C(C)C(F)(F)F)c1. The molecule has 0 spiro atoms. The Kier molecular flexibility index (Phi) is 10.2. The number of carbonyl (C=O) groups is 3. The molecule has 0 aromatic heterocycles. The number of hydrogen-bond acceptors (Lipinski definition) is 5. The van der Waals surface area contributed by atoms with E-state index in [1.54, 1.807) is 44.2 Å². The Bertz CT molecular complexity index is 1050. The Morgan fingerprint density at radius 3 is 2.25 bits per heavy atom. The van der Waals surface area contributed by atoms with Crippen LogP contribution in [0.1, 0.15) is 31.9 Å². The van der Waals surface area contributed by atoms with Gasteiger partial charge in [0.05, 0.1) is 24.1 Å². The number of rotatable bonds is 10. The van der Waals surface area contributed by atoms with Gasteiger partial charge < -0.3 is 20.1 Å². The van der Waals surface area contributed by atoms with Gasteiger partial charge in [0, 0.05) is 0 Å². The summed E-state index contributed by atoms with van der Waals surface area (Å²) in [6.07, 6.45) is -5.94. The molecule has 1 unspecified atom stereocenters. The highest BCUT2D eigenvalue weighted by Gasteiger charge is 2.45. The summed E-state index contributed by atoms with van der Waals surface area (Å²) in [5.41, 5.74) is 0.642. The topological polar surface area (TPSA) is 93.7 Å². The predicted molar refractivity (Wildman–Crippen MR) is 123 cm³/mol. The highest BCUT2D eigenvalue weighted by atomic mass is 19.4. The van der Waals surface area contributed by atoms with Gasteiger partial charge in [0.2, 0.25) is 5.91 Å². The van der Waals surface area contributed by atoms with E-state index in [0.717, 1.165) is 13.0 Å². The molecular weight excluding hydrogens is 484 g/mol. The van der Waals surface area contributed by atoms with E-state index in [4.69, 9.17) is 9.47 Å². The number of benzene rings is 2. The Balaban J connectivity index is 2.16. The second kappa shape index (κ2) is 12.9. The average molecular weight is 513 g/mol. The standard InChI is InChI=1S/C25H28F4N2O5/c1-4-35-23(33)15(2)12-18-10-11-19(26)20(13-18)30-22(32)21(16(3)25(27,28)29)31-24(34)36-14-17-8-6-5-7-9-17/h5-11,13,15-16,21H,4,12,14H2,1-3H3,(H,30,32)(H,31,34)/t15-,16?,21-/m0/s1.